The van der Waals surface area contributed by atoms with Crippen LogP contribution in [0, 0.1) is 10.2 Å². The molecule has 1 aliphatic rings. The number of phenols is 3. The molecule has 1 atom stereocenters. The van der Waals surface area contributed by atoms with E-state index < -0.39 is 37.3 Å². The van der Waals surface area contributed by atoms with Gasteiger partial charge in [-0.05, 0) is 34.6 Å². The first kappa shape index (κ1) is 18.1. The molecule has 0 radical (unpaired) electrons. The number of benzene rings is 2. The van der Waals surface area contributed by atoms with Gasteiger partial charge in [0.15, 0.2) is 21.3 Å². The van der Waals surface area contributed by atoms with Crippen LogP contribution in [-0.2, 0) is 3.74 Å². The second kappa shape index (κ2) is 6.89. The molecule has 0 aliphatic carbocycles. The maximum absolute atomic E-state index is 11.0. The third-order valence-electron chi connectivity index (χ3n) is 3.20. The third-order valence-corrected chi connectivity index (χ3v) is 7.65. The molecule has 1 unspecified atom stereocenters. The topological polar surface area (TPSA) is 139 Å². The lowest BCUT2D eigenvalue weighted by Crippen LogP contribution is -2.60. The highest BCUT2D eigenvalue weighted by Gasteiger charge is 2.33. The van der Waals surface area contributed by atoms with Gasteiger partial charge in [-0.25, -0.2) is 0 Å². The minimum absolute atomic E-state index is 0.0518. The number of hydrogen-bond acceptors (Lipinski definition) is 8. The van der Waals surface area contributed by atoms with E-state index in [1.165, 1.54) is 6.07 Å². The Labute approximate surface area is 150 Å². The summed E-state index contributed by atoms with van der Waals surface area (Å²) in [7, 11) is -5.26. The smallest absolute Gasteiger partial charge is 0.200 e. The molecule has 7 nitrogen and oxygen atoms in total. The number of phenolic OH excluding ortho intramolecular Hbond substituents is 3. The van der Waals surface area contributed by atoms with Crippen LogP contribution in [0.15, 0.2) is 48.5 Å². The van der Waals surface area contributed by atoms with Crippen LogP contribution in [0.25, 0.3) is 4.91 Å². The molecule has 2 aromatic carbocycles. The van der Waals surface area contributed by atoms with Crippen LogP contribution >= 0.6 is 20.6 Å². The summed E-state index contributed by atoms with van der Waals surface area (Å²) in [6.07, 6.45) is 1.56. The van der Waals surface area contributed by atoms with Crippen molar-refractivity contribution in [3.63, 3.8) is 0 Å². The van der Waals surface area contributed by atoms with Gasteiger partial charge >= 0.3 is 0 Å². The van der Waals surface area contributed by atoms with Gasteiger partial charge in [-0.3, -0.25) is 0 Å². The van der Waals surface area contributed by atoms with Gasteiger partial charge in [0.05, 0.1) is 15.1 Å². The summed E-state index contributed by atoms with van der Waals surface area (Å²) >= 11 is 0. The lowest BCUT2D eigenvalue weighted by atomic mass is 10.1. The fraction of sp³-hybridized carbons (Fsp3) is 0. The molecule has 0 saturated carbocycles. The number of hydrogen-bond donors (Lipinski definition) is 3. The predicted octanol–water partition coefficient (Wildman–Crippen LogP) is 0.125. The summed E-state index contributed by atoms with van der Waals surface area (Å²) in [6, 6.07) is 11.4. The van der Waals surface area contributed by atoms with Crippen molar-refractivity contribution in [3.05, 3.63) is 59.7 Å². The van der Waals surface area contributed by atoms with E-state index in [0.717, 1.165) is 22.4 Å². The average Bonchev–Trinajstić information content (AvgIpc) is 2.95. The lowest BCUT2D eigenvalue weighted by molar-refractivity contribution is -1.91. The largest absolute Gasteiger partial charge is 0.504 e. The summed E-state index contributed by atoms with van der Waals surface area (Å²) in [5, 5.41) is 29.2. The molecule has 3 rings (SSSR count). The van der Waals surface area contributed by atoms with E-state index in [1.54, 1.807) is 30.3 Å². The molecule has 0 bridgehead atoms. The number of allylic oxidation sites excluding steroid dienone is 1. The van der Waals surface area contributed by atoms with E-state index in [4.69, 9.17) is 0 Å². The highest BCUT2D eigenvalue weighted by molar-refractivity contribution is 8.85. The molecule has 25 heavy (non-hydrogen) atoms. The van der Waals surface area contributed by atoms with E-state index >= 15 is 0 Å². The zero-order valence-corrected chi connectivity index (χ0v) is 14.7. The first-order valence-electron chi connectivity index (χ1n) is 6.68. The van der Waals surface area contributed by atoms with Crippen molar-refractivity contribution < 1.29 is 43.3 Å². The maximum atomic E-state index is 11.0. The lowest BCUT2D eigenvalue weighted by Gasteiger charge is -2.13. The van der Waals surface area contributed by atoms with E-state index in [1.807, 2.05) is 6.07 Å². The Bertz CT molecular complexity index is 875. The normalized spacial score (nSPS) is 17.6. The molecule has 0 aromatic heterocycles. The minimum Gasteiger partial charge on any atom is -0.504 e. The first-order chi connectivity index (χ1) is 11.8. The van der Waals surface area contributed by atoms with Gasteiger partial charge in [-0.15, -0.1) is 0 Å². The fourth-order valence-corrected chi connectivity index (χ4v) is 6.73. The second-order valence-electron chi connectivity index (χ2n) is 4.83. The number of rotatable bonds is 4. The Morgan fingerprint density at radius 2 is 1.60 bits per heavy atom. The monoisotopic (exact) mass is 402 g/mol. The minimum atomic E-state index is -4.70. The molecule has 1 heterocycles. The van der Waals surface area contributed by atoms with E-state index in [2.05, 4.69) is 3.74 Å². The molecule has 0 saturated heterocycles. The summed E-state index contributed by atoms with van der Waals surface area (Å²) in [5.74, 6) is -1.92. The molecule has 2 aromatic rings. The van der Waals surface area contributed by atoms with Gasteiger partial charge in [-0.2, -0.15) is 14.0 Å². The van der Waals surface area contributed by atoms with E-state index in [0.29, 0.717) is 4.91 Å². The van der Waals surface area contributed by atoms with Gasteiger partial charge in [0.2, 0.25) is 5.75 Å². The SMILES string of the molecule is [O-][Cl+3]([O-])([O-])OS1=C(c2ccc(O)c(O)c2O)C=C(c2ccccc2)S1. The molecular formula is C15H11ClO7S2. The molecule has 10 heteroatoms. The van der Waals surface area contributed by atoms with Crippen molar-refractivity contribution in [2.45, 2.75) is 0 Å². The molecular weight excluding hydrogens is 392 g/mol. The van der Waals surface area contributed by atoms with Crippen LogP contribution in [0.3, 0.4) is 0 Å². The molecule has 3 N–H and O–H groups in total. The Kier molecular flexibility index (Phi) is 4.98. The Hall–Kier alpha value is -1.72. The second-order valence-corrected chi connectivity index (χ2v) is 9.01. The summed E-state index contributed by atoms with van der Waals surface area (Å²) in [4.78, 5) is 0.827. The Morgan fingerprint density at radius 1 is 0.920 bits per heavy atom. The van der Waals surface area contributed by atoms with Crippen molar-refractivity contribution in [1.82, 2.24) is 0 Å². The van der Waals surface area contributed by atoms with Crippen LogP contribution in [0.4, 0.5) is 0 Å². The van der Waals surface area contributed by atoms with Crippen molar-refractivity contribution in [3.8, 4) is 17.2 Å². The van der Waals surface area contributed by atoms with Crippen molar-refractivity contribution in [1.29, 1.82) is 0 Å². The Morgan fingerprint density at radius 3 is 2.24 bits per heavy atom. The molecule has 1 aliphatic heterocycles. The van der Waals surface area contributed by atoms with Crippen molar-refractivity contribution in [2.75, 3.05) is 0 Å². The summed E-state index contributed by atoms with van der Waals surface area (Å²) in [6.45, 7) is 0. The van der Waals surface area contributed by atoms with E-state index in [9.17, 15) is 29.3 Å². The van der Waals surface area contributed by atoms with Gasteiger partial charge in [0, 0.05) is 10.5 Å². The quantitative estimate of drug-likeness (QED) is 0.372. The van der Waals surface area contributed by atoms with Crippen molar-refractivity contribution in [2.24, 2.45) is 0 Å². The van der Waals surface area contributed by atoms with Crippen LogP contribution in [0.1, 0.15) is 11.1 Å². The van der Waals surface area contributed by atoms with Crippen LogP contribution < -0.4 is 14.0 Å². The third kappa shape index (κ3) is 3.93. The predicted molar refractivity (Wildman–Crippen MR) is 86.2 cm³/mol. The number of halogens is 1. The zero-order valence-electron chi connectivity index (χ0n) is 12.3. The summed E-state index contributed by atoms with van der Waals surface area (Å²) < 4.78 is 37.6. The van der Waals surface area contributed by atoms with Gasteiger partial charge < -0.3 is 15.3 Å². The van der Waals surface area contributed by atoms with Gasteiger partial charge in [-0.1, -0.05) is 30.3 Å². The van der Waals surface area contributed by atoms with E-state index in [-0.39, 0.29) is 10.4 Å². The highest BCUT2D eigenvalue weighted by Crippen LogP contribution is 2.53. The number of aromatic hydroxyl groups is 3. The molecule has 0 amide bonds. The van der Waals surface area contributed by atoms with Crippen LogP contribution in [0.2, 0.25) is 0 Å². The highest BCUT2D eigenvalue weighted by atomic mass is 35.7. The fourth-order valence-electron chi connectivity index (χ4n) is 2.10. The van der Waals surface area contributed by atoms with Gasteiger partial charge in [0.25, 0.3) is 0 Å². The van der Waals surface area contributed by atoms with Gasteiger partial charge in [0.1, 0.15) is 3.74 Å². The Balaban J connectivity index is 2.10. The van der Waals surface area contributed by atoms with Crippen LogP contribution in [-0.4, -0.2) is 20.2 Å². The van der Waals surface area contributed by atoms with Crippen molar-refractivity contribution >= 4 is 30.4 Å². The van der Waals surface area contributed by atoms with Crippen LogP contribution in [0.5, 0.6) is 17.2 Å². The average molecular weight is 403 g/mol. The zero-order chi connectivity index (χ0) is 18.2. The first-order valence-corrected chi connectivity index (χ1v) is 10.4. The molecule has 0 spiro atoms. The molecule has 0 fully saturated rings. The summed E-state index contributed by atoms with van der Waals surface area (Å²) in [5.41, 5.74) is 0.821. The standard InChI is InChI=1S/C15H11ClO7S2/c17-11-7-6-10(14(18)15(11)19)13-8-12(9-4-2-1-3-5-9)24-25(13)23-16(20,21)22/h1-8,17-19H. The molecule has 132 valence electrons. The maximum Gasteiger partial charge on any atom is 0.200 e.